The molecule has 0 spiro atoms. The van der Waals surface area contributed by atoms with Crippen LogP contribution < -0.4 is 5.32 Å². The maximum atomic E-state index is 13.2. The summed E-state index contributed by atoms with van der Waals surface area (Å²) >= 11 is 0. The average molecular weight is 434 g/mol. The van der Waals surface area contributed by atoms with Gasteiger partial charge in [0.15, 0.2) is 0 Å². The maximum absolute atomic E-state index is 13.2. The van der Waals surface area contributed by atoms with Crippen LogP contribution in [0.3, 0.4) is 0 Å². The number of benzene rings is 2. The summed E-state index contributed by atoms with van der Waals surface area (Å²) in [5.41, 5.74) is 3.80. The first kappa shape index (κ1) is 22.5. The summed E-state index contributed by atoms with van der Waals surface area (Å²) in [5, 5.41) is 3.10. The summed E-state index contributed by atoms with van der Waals surface area (Å²) in [7, 11) is 0. The number of anilines is 1. The minimum atomic E-state index is -0.0603. The third-order valence-corrected chi connectivity index (χ3v) is 6.67. The number of amides is 2. The molecule has 32 heavy (non-hydrogen) atoms. The summed E-state index contributed by atoms with van der Waals surface area (Å²) in [5.74, 6) is -0.00233. The zero-order chi connectivity index (χ0) is 22.3. The lowest BCUT2D eigenvalue weighted by atomic mass is 9.96. The SMILES string of the molecule is Cc1cccc(CN2CCCC(C(=O)Nc3ccccc3C(=O)N3CCCCCC3)C2)c1. The highest BCUT2D eigenvalue weighted by atomic mass is 16.2. The monoisotopic (exact) mass is 433 g/mol. The minimum absolute atomic E-state index is 0.0232. The van der Waals surface area contributed by atoms with E-state index in [0.29, 0.717) is 11.3 Å². The van der Waals surface area contributed by atoms with Gasteiger partial charge in [-0.2, -0.15) is 0 Å². The van der Waals surface area contributed by atoms with Gasteiger partial charge in [-0.25, -0.2) is 0 Å². The highest BCUT2D eigenvalue weighted by Gasteiger charge is 2.27. The standard InChI is InChI=1S/C27H35N3O2/c1-21-10-8-11-22(18-21)19-29-15-9-12-23(20-29)26(31)28-25-14-5-4-13-24(25)27(32)30-16-6-2-3-7-17-30/h4-5,8,10-11,13-14,18,23H,2-3,6-7,9,12,15-17,19-20H2,1H3,(H,28,31). The van der Waals surface area contributed by atoms with Crippen LogP contribution in [0.1, 0.15) is 60.0 Å². The molecule has 0 aromatic heterocycles. The molecule has 0 aliphatic carbocycles. The van der Waals surface area contributed by atoms with Gasteiger partial charge in [-0.1, -0.05) is 54.8 Å². The van der Waals surface area contributed by atoms with Crippen molar-refractivity contribution < 1.29 is 9.59 Å². The number of carbonyl (C=O) groups excluding carboxylic acids is 2. The zero-order valence-corrected chi connectivity index (χ0v) is 19.2. The second-order valence-corrected chi connectivity index (χ2v) is 9.30. The summed E-state index contributed by atoms with van der Waals surface area (Å²) in [6, 6.07) is 16.0. The molecule has 170 valence electrons. The molecule has 2 saturated heterocycles. The van der Waals surface area contributed by atoms with Crippen molar-refractivity contribution in [1.29, 1.82) is 0 Å². The second kappa shape index (κ2) is 10.8. The Balaban J connectivity index is 1.40. The highest BCUT2D eigenvalue weighted by Crippen LogP contribution is 2.24. The smallest absolute Gasteiger partial charge is 0.255 e. The molecule has 0 saturated carbocycles. The number of para-hydroxylation sites is 1. The molecule has 4 rings (SSSR count). The molecule has 2 aliphatic heterocycles. The number of carbonyl (C=O) groups is 2. The first-order valence-corrected chi connectivity index (χ1v) is 12.1. The minimum Gasteiger partial charge on any atom is -0.339 e. The van der Waals surface area contributed by atoms with Crippen LogP contribution in [0.15, 0.2) is 48.5 Å². The van der Waals surface area contributed by atoms with Crippen LogP contribution in [0.5, 0.6) is 0 Å². The molecule has 1 N–H and O–H groups in total. The summed E-state index contributed by atoms with van der Waals surface area (Å²) in [6.07, 6.45) is 6.38. The predicted octanol–water partition coefficient (Wildman–Crippen LogP) is 4.86. The Morgan fingerprint density at radius 3 is 2.50 bits per heavy atom. The van der Waals surface area contributed by atoms with Gasteiger partial charge in [-0.15, -0.1) is 0 Å². The molecular weight excluding hydrogens is 398 g/mol. The van der Waals surface area contributed by atoms with E-state index in [1.807, 2.05) is 29.2 Å². The van der Waals surface area contributed by atoms with Crippen molar-refractivity contribution in [2.75, 3.05) is 31.5 Å². The Morgan fingerprint density at radius 2 is 1.72 bits per heavy atom. The van der Waals surface area contributed by atoms with E-state index in [2.05, 4.69) is 41.4 Å². The van der Waals surface area contributed by atoms with Crippen LogP contribution in [-0.2, 0) is 11.3 Å². The van der Waals surface area contributed by atoms with Crippen molar-refractivity contribution in [2.24, 2.45) is 5.92 Å². The molecule has 2 aromatic carbocycles. The van der Waals surface area contributed by atoms with E-state index in [1.165, 1.54) is 24.0 Å². The summed E-state index contributed by atoms with van der Waals surface area (Å²) < 4.78 is 0. The summed E-state index contributed by atoms with van der Waals surface area (Å²) in [6.45, 7) is 6.36. The van der Waals surface area contributed by atoms with Crippen molar-refractivity contribution in [3.63, 3.8) is 0 Å². The number of nitrogens with zero attached hydrogens (tertiary/aromatic N) is 2. The molecule has 2 amide bonds. The van der Waals surface area contributed by atoms with Gasteiger partial charge in [0, 0.05) is 26.2 Å². The van der Waals surface area contributed by atoms with Crippen LogP contribution in [0.4, 0.5) is 5.69 Å². The number of aryl methyl sites for hydroxylation is 1. The van der Waals surface area contributed by atoms with E-state index in [-0.39, 0.29) is 17.7 Å². The van der Waals surface area contributed by atoms with E-state index < -0.39 is 0 Å². The van der Waals surface area contributed by atoms with Gasteiger partial charge in [0.05, 0.1) is 17.2 Å². The van der Waals surface area contributed by atoms with Crippen molar-refractivity contribution >= 4 is 17.5 Å². The van der Waals surface area contributed by atoms with E-state index in [9.17, 15) is 9.59 Å². The molecule has 2 aliphatic rings. The molecule has 5 heteroatoms. The van der Waals surface area contributed by atoms with Gasteiger partial charge in [-0.05, 0) is 56.8 Å². The van der Waals surface area contributed by atoms with Gasteiger partial charge in [-0.3, -0.25) is 14.5 Å². The van der Waals surface area contributed by atoms with Crippen molar-refractivity contribution in [3.05, 3.63) is 65.2 Å². The first-order chi connectivity index (χ1) is 15.6. The molecule has 0 radical (unpaired) electrons. The summed E-state index contributed by atoms with van der Waals surface area (Å²) in [4.78, 5) is 30.7. The lowest BCUT2D eigenvalue weighted by Gasteiger charge is -2.32. The molecular formula is C27H35N3O2. The Morgan fingerprint density at radius 1 is 0.938 bits per heavy atom. The normalized spacial score (nSPS) is 19.9. The van der Waals surface area contributed by atoms with Gasteiger partial charge in [0.25, 0.3) is 5.91 Å². The second-order valence-electron chi connectivity index (χ2n) is 9.30. The third-order valence-electron chi connectivity index (χ3n) is 6.67. The first-order valence-electron chi connectivity index (χ1n) is 12.1. The van der Waals surface area contributed by atoms with Crippen LogP contribution in [0.25, 0.3) is 0 Å². The van der Waals surface area contributed by atoms with E-state index >= 15 is 0 Å². The number of likely N-dealkylation sites (tertiary alicyclic amines) is 2. The number of hydrogen-bond donors (Lipinski definition) is 1. The largest absolute Gasteiger partial charge is 0.339 e. The molecule has 0 bridgehead atoms. The Labute approximate surface area is 191 Å². The molecule has 1 atom stereocenters. The highest BCUT2D eigenvalue weighted by molar-refractivity contribution is 6.04. The molecule has 1 unspecified atom stereocenters. The van der Waals surface area contributed by atoms with Crippen LogP contribution in [0, 0.1) is 12.8 Å². The molecule has 2 heterocycles. The van der Waals surface area contributed by atoms with Gasteiger partial charge in [0.1, 0.15) is 0 Å². The number of rotatable bonds is 5. The van der Waals surface area contributed by atoms with Gasteiger partial charge in [0.2, 0.25) is 5.91 Å². The van der Waals surface area contributed by atoms with E-state index in [1.54, 1.807) is 0 Å². The van der Waals surface area contributed by atoms with Crippen LogP contribution >= 0.6 is 0 Å². The molecule has 2 aromatic rings. The Kier molecular flexibility index (Phi) is 7.59. The van der Waals surface area contributed by atoms with Gasteiger partial charge >= 0.3 is 0 Å². The Hall–Kier alpha value is -2.66. The lowest BCUT2D eigenvalue weighted by Crippen LogP contribution is -2.40. The van der Waals surface area contributed by atoms with E-state index in [4.69, 9.17) is 0 Å². The van der Waals surface area contributed by atoms with E-state index in [0.717, 1.165) is 58.4 Å². The number of nitrogens with one attached hydrogen (secondary N) is 1. The van der Waals surface area contributed by atoms with Crippen molar-refractivity contribution in [2.45, 2.75) is 52.0 Å². The van der Waals surface area contributed by atoms with Crippen molar-refractivity contribution in [3.8, 4) is 0 Å². The van der Waals surface area contributed by atoms with Gasteiger partial charge < -0.3 is 10.2 Å². The quantitative estimate of drug-likeness (QED) is 0.732. The maximum Gasteiger partial charge on any atom is 0.255 e. The van der Waals surface area contributed by atoms with Crippen LogP contribution in [0.2, 0.25) is 0 Å². The molecule has 5 nitrogen and oxygen atoms in total. The topological polar surface area (TPSA) is 52.7 Å². The fraction of sp³-hybridized carbons (Fsp3) is 0.481. The molecule has 2 fully saturated rings. The van der Waals surface area contributed by atoms with Crippen LogP contribution in [-0.4, -0.2) is 47.8 Å². The average Bonchev–Trinajstić information content (AvgIpc) is 3.09. The fourth-order valence-corrected chi connectivity index (χ4v) is 4.94. The Bertz CT molecular complexity index is 934. The number of hydrogen-bond acceptors (Lipinski definition) is 3. The zero-order valence-electron chi connectivity index (χ0n) is 19.2. The third kappa shape index (κ3) is 5.77. The van der Waals surface area contributed by atoms with Crippen molar-refractivity contribution in [1.82, 2.24) is 9.80 Å². The number of piperidine rings is 1. The predicted molar refractivity (Wildman–Crippen MR) is 129 cm³/mol. The fourth-order valence-electron chi connectivity index (χ4n) is 4.94. The lowest BCUT2D eigenvalue weighted by molar-refractivity contribution is -0.121.